The first-order valence-corrected chi connectivity index (χ1v) is 7.46. The van der Waals surface area contributed by atoms with Gasteiger partial charge in [-0.1, -0.05) is 12.1 Å². The molecule has 4 N–H and O–H groups in total. The second-order valence-corrected chi connectivity index (χ2v) is 5.95. The van der Waals surface area contributed by atoms with Crippen molar-refractivity contribution in [3.8, 4) is 0 Å². The van der Waals surface area contributed by atoms with Crippen molar-refractivity contribution >= 4 is 23.5 Å². The molecule has 0 saturated heterocycles. The molecule has 0 bridgehead atoms. The molecule has 10 heteroatoms. The summed E-state index contributed by atoms with van der Waals surface area (Å²) >= 11 is 0. The highest BCUT2D eigenvalue weighted by atomic mass is 16.5. The van der Waals surface area contributed by atoms with Crippen LogP contribution in [0.5, 0.6) is 0 Å². The molecule has 1 aliphatic rings. The molecule has 1 aromatic heterocycles. The molecule has 1 atom stereocenters. The van der Waals surface area contributed by atoms with E-state index in [0.717, 1.165) is 12.8 Å². The molecular weight excluding hydrogens is 318 g/mol. The van der Waals surface area contributed by atoms with Crippen molar-refractivity contribution < 1.29 is 23.7 Å². The minimum atomic E-state index is -1.13. The van der Waals surface area contributed by atoms with Gasteiger partial charge in [0.15, 0.2) is 5.82 Å². The summed E-state index contributed by atoms with van der Waals surface area (Å²) in [7, 11) is 1.32. The van der Waals surface area contributed by atoms with Crippen molar-refractivity contribution in [3.05, 3.63) is 11.7 Å². The van der Waals surface area contributed by atoms with Gasteiger partial charge in [-0.05, 0) is 19.3 Å². The van der Waals surface area contributed by atoms with Gasteiger partial charge in [-0.3, -0.25) is 19.2 Å². The Balaban J connectivity index is 1.95. The second-order valence-electron chi connectivity index (χ2n) is 5.95. The van der Waals surface area contributed by atoms with E-state index in [1.54, 1.807) is 0 Å². The topological polar surface area (TPSA) is 157 Å². The predicted octanol–water partition coefficient (Wildman–Crippen LogP) is -1.20. The zero-order chi connectivity index (χ0) is 17.9. The Labute approximate surface area is 137 Å². The van der Waals surface area contributed by atoms with Crippen molar-refractivity contribution in [1.82, 2.24) is 20.8 Å². The van der Waals surface area contributed by atoms with Crippen LogP contribution in [0.3, 0.4) is 0 Å². The molecule has 2 rings (SSSR count). The number of nitrogens with zero attached hydrogens (tertiary/aromatic N) is 2. The minimum absolute atomic E-state index is 0.105. The second kappa shape index (κ2) is 6.77. The van der Waals surface area contributed by atoms with Gasteiger partial charge in [0.25, 0.3) is 5.91 Å². The van der Waals surface area contributed by atoms with Gasteiger partial charge >= 0.3 is 11.8 Å². The van der Waals surface area contributed by atoms with Crippen LogP contribution in [0, 0.1) is 0 Å². The number of nitrogens with two attached hydrogens (primary N) is 1. The fourth-order valence-corrected chi connectivity index (χ4v) is 2.01. The molecule has 130 valence electrons. The first kappa shape index (κ1) is 17.6. The average molecular weight is 337 g/mol. The van der Waals surface area contributed by atoms with E-state index in [-0.39, 0.29) is 24.1 Å². The fraction of sp³-hybridized carbons (Fsp3) is 0.571. The molecule has 1 heterocycles. The lowest BCUT2D eigenvalue weighted by atomic mass is 10.1. The van der Waals surface area contributed by atoms with Gasteiger partial charge in [0.05, 0.1) is 0 Å². The zero-order valence-corrected chi connectivity index (χ0v) is 13.4. The molecule has 0 aromatic carbocycles. The first-order chi connectivity index (χ1) is 11.3. The van der Waals surface area contributed by atoms with Crippen molar-refractivity contribution in [1.29, 1.82) is 0 Å². The van der Waals surface area contributed by atoms with Crippen LogP contribution in [-0.2, 0) is 19.8 Å². The summed E-state index contributed by atoms with van der Waals surface area (Å²) in [5.41, 5.74) is 5.05. The van der Waals surface area contributed by atoms with Crippen molar-refractivity contribution in [2.24, 2.45) is 5.73 Å². The summed E-state index contributed by atoms with van der Waals surface area (Å²) < 4.78 is 4.90. The quantitative estimate of drug-likeness (QED) is 0.503. The lowest BCUT2D eigenvalue weighted by molar-refractivity contribution is -0.137. The molecule has 1 unspecified atom stereocenters. The number of rotatable bonds is 8. The van der Waals surface area contributed by atoms with Gasteiger partial charge in [0.2, 0.25) is 11.7 Å². The van der Waals surface area contributed by atoms with E-state index in [1.165, 1.54) is 7.05 Å². The Hall–Kier alpha value is -2.78. The number of carbonyl (C=O) groups is 4. The molecule has 3 amide bonds. The summed E-state index contributed by atoms with van der Waals surface area (Å²) in [6.07, 6.45) is 1.49. The van der Waals surface area contributed by atoms with Crippen LogP contribution in [0.25, 0.3) is 0 Å². The van der Waals surface area contributed by atoms with E-state index < -0.39 is 29.5 Å². The Kier molecular flexibility index (Phi) is 4.96. The number of nitrogens with one attached hydrogen (secondary N) is 2. The molecule has 0 spiro atoms. The number of hydrogen-bond acceptors (Lipinski definition) is 7. The van der Waals surface area contributed by atoms with E-state index in [9.17, 15) is 19.2 Å². The number of ketones is 1. The van der Waals surface area contributed by atoms with Crippen LogP contribution >= 0.6 is 0 Å². The summed E-state index contributed by atoms with van der Waals surface area (Å²) in [6, 6.07) is -1.13. The number of Topliss-reactive ketones (excluding diaryl/α,β-unsaturated/α-hetero) is 1. The van der Waals surface area contributed by atoms with Crippen LogP contribution in [0.2, 0.25) is 0 Å². The van der Waals surface area contributed by atoms with E-state index in [2.05, 4.69) is 20.8 Å². The molecule has 1 saturated carbocycles. The lowest BCUT2D eigenvalue weighted by Crippen LogP contribution is -2.45. The van der Waals surface area contributed by atoms with Gasteiger partial charge in [-0.2, -0.15) is 4.98 Å². The maximum atomic E-state index is 12.1. The molecule has 0 aliphatic heterocycles. The molecule has 10 nitrogen and oxygen atoms in total. The zero-order valence-electron chi connectivity index (χ0n) is 13.4. The molecule has 24 heavy (non-hydrogen) atoms. The van der Waals surface area contributed by atoms with Crippen molar-refractivity contribution in [2.75, 3.05) is 7.05 Å². The largest absolute Gasteiger partial charge is 0.368 e. The standard InChI is InChI=1S/C14H19N5O5/c1-14(5-6-14)13-18-12(24-19-13)11(23)17-7(9(15)21)3-4-8(20)10(22)16-2/h7H,3-6H2,1-2H3,(H2,15,21)(H,16,22)(H,17,23). The summed E-state index contributed by atoms with van der Waals surface area (Å²) in [4.78, 5) is 50.1. The number of aromatic nitrogens is 2. The maximum Gasteiger partial charge on any atom is 0.315 e. The highest BCUT2D eigenvalue weighted by molar-refractivity contribution is 6.36. The third-order valence-electron chi connectivity index (χ3n) is 3.95. The fourth-order valence-electron chi connectivity index (χ4n) is 2.01. The van der Waals surface area contributed by atoms with E-state index >= 15 is 0 Å². The summed E-state index contributed by atoms with van der Waals surface area (Å²) in [6.45, 7) is 1.95. The van der Waals surface area contributed by atoms with Gasteiger partial charge in [-0.25, -0.2) is 0 Å². The maximum absolute atomic E-state index is 12.1. The molecule has 1 aromatic rings. The third-order valence-corrected chi connectivity index (χ3v) is 3.95. The average Bonchev–Trinajstić information content (AvgIpc) is 3.10. The Bertz CT molecular complexity index is 679. The Morgan fingerprint density at radius 3 is 2.54 bits per heavy atom. The normalized spacial score (nSPS) is 16.1. The monoisotopic (exact) mass is 337 g/mol. The van der Waals surface area contributed by atoms with Crippen LogP contribution in [0.1, 0.15) is 49.1 Å². The molecular formula is C14H19N5O5. The lowest BCUT2D eigenvalue weighted by Gasteiger charge is -2.13. The SMILES string of the molecule is CNC(=O)C(=O)CCC(NC(=O)c1nc(C2(C)CC2)no1)C(N)=O. The highest BCUT2D eigenvalue weighted by Gasteiger charge is 2.44. The van der Waals surface area contributed by atoms with Gasteiger partial charge in [-0.15, -0.1) is 0 Å². The van der Waals surface area contributed by atoms with E-state index in [1.807, 2.05) is 6.92 Å². The number of likely N-dealkylation sites (N-methyl/N-ethyl adjacent to an activating group) is 1. The minimum Gasteiger partial charge on any atom is -0.368 e. The van der Waals surface area contributed by atoms with Crippen LogP contribution < -0.4 is 16.4 Å². The first-order valence-electron chi connectivity index (χ1n) is 7.46. The smallest absolute Gasteiger partial charge is 0.315 e. The van der Waals surface area contributed by atoms with Crippen LogP contribution in [-0.4, -0.2) is 46.7 Å². The van der Waals surface area contributed by atoms with Crippen molar-refractivity contribution in [3.63, 3.8) is 0 Å². The van der Waals surface area contributed by atoms with Crippen LogP contribution in [0.4, 0.5) is 0 Å². The van der Waals surface area contributed by atoms with Gasteiger partial charge < -0.3 is 20.9 Å². The number of hydrogen-bond donors (Lipinski definition) is 3. The van der Waals surface area contributed by atoms with Gasteiger partial charge in [0, 0.05) is 18.9 Å². The summed E-state index contributed by atoms with van der Waals surface area (Å²) in [5, 5.41) is 8.28. The number of primary amides is 1. The van der Waals surface area contributed by atoms with E-state index in [0.29, 0.717) is 5.82 Å². The van der Waals surface area contributed by atoms with Crippen molar-refractivity contribution in [2.45, 2.75) is 44.1 Å². The molecule has 1 aliphatic carbocycles. The highest BCUT2D eigenvalue weighted by Crippen LogP contribution is 2.45. The van der Waals surface area contributed by atoms with E-state index in [4.69, 9.17) is 10.3 Å². The number of amides is 3. The number of carbonyl (C=O) groups excluding carboxylic acids is 4. The Morgan fingerprint density at radius 2 is 2.00 bits per heavy atom. The van der Waals surface area contributed by atoms with Crippen LogP contribution in [0.15, 0.2) is 4.52 Å². The molecule has 1 fully saturated rings. The summed E-state index contributed by atoms with van der Waals surface area (Å²) in [5.74, 6) is -2.90. The third kappa shape index (κ3) is 3.94. The molecule has 0 radical (unpaired) electrons. The predicted molar refractivity (Wildman–Crippen MR) is 79.6 cm³/mol. The van der Waals surface area contributed by atoms with Gasteiger partial charge in [0.1, 0.15) is 6.04 Å². The Morgan fingerprint density at radius 1 is 1.33 bits per heavy atom.